The molecular formula is C16H32N2O5. The summed E-state index contributed by atoms with van der Waals surface area (Å²) in [5, 5.41) is 28.8. The quantitative estimate of drug-likeness (QED) is 0.644. The molecule has 2 unspecified atom stereocenters. The molecule has 0 aliphatic carbocycles. The lowest BCUT2D eigenvalue weighted by molar-refractivity contribution is -0.136. The van der Waals surface area contributed by atoms with Crippen LogP contribution in [0, 0.1) is 0 Å². The number of likely N-dealkylation sites (N-methyl/N-ethyl adjacent to an activating group) is 1. The molecule has 1 aliphatic rings. The zero-order valence-corrected chi connectivity index (χ0v) is 15.1. The van der Waals surface area contributed by atoms with Crippen LogP contribution in [0.5, 0.6) is 0 Å². The van der Waals surface area contributed by atoms with E-state index in [0.29, 0.717) is 6.54 Å². The predicted octanol–water partition coefficient (Wildman–Crippen LogP) is 0.766. The van der Waals surface area contributed by atoms with E-state index < -0.39 is 24.0 Å². The minimum atomic E-state index is -1.65. The molecule has 0 bridgehead atoms. The van der Waals surface area contributed by atoms with Crippen molar-refractivity contribution in [3.8, 4) is 0 Å². The Morgan fingerprint density at radius 3 is 2.26 bits per heavy atom. The number of amides is 1. The third kappa shape index (κ3) is 5.31. The molecule has 0 saturated carbocycles. The van der Waals surface area contributed by atoms with Gasteiger partial charge >= 0.3 is 6.09 Å². The number of aliphatic hydroxyl groups is 3. The highest BCUT2D eigenvalue weighted by molar-refractivity contribution is 5.69. The van der Waals surface area contributed by atoms with Gasteiger partial charge in [-0.25, -0.2) is 4.79 Å². The van der Waals surface area contributed by atoms with Crippen molar-refractivity contribution in [3.63, 3.8) is 0 Å². The van der Waals surface area contributed by atoms with E-state index in [1.54, 1.807) is 16.8 Å². The van der Waals surface area contributed by atoms with Crippen molar-refractivity contribution < 1.29 is 24.9 Å². The standard InChI is InChI=1S/C16H32N2O5/c1-10(17(6)13(11(2)19)14(20)21)12-8-7-9-18(12)15(22)23-16(3,4)5/h10-14,19-21H,7-9H2,1-6H3/t10?,11-,12?,13+/m1/s1. The molecule has 1 fully saturated rings. The molecule has 7 heteroatoms. The summed E-state index contributed by atoms with van der Waals surface area (Å²) in [4.78, 5) is 15.8. The highest BCUT2D eigenvalue weighted by Gasteiger charge is 2.40. The minimum absolute atomic E-state index is 0.0881. The number of nitrogens with zero attached hydrogens (tertiary/aromatic N) is 2. The second kappa shape index (κ2) is 7.79. The summed E-state index contributed by atoms with van der Waals surface area (Å²) in [6.07, 6.45) is -1.21. The van der Waals surface area contributed by atoms with Crippen LogP contribution in [0.2, 0.25) is 0 Å². The summed E-state index contributed by atoms with van der Waals surface area (Å²) in [7, 11) is 1.73. The molecule has 0 aromatic rings. The zero-order chi connectivity index (χ0) is 17.9. The Balaban J connectivity index is 2.84. The predicted molar refractivity (Wildman–Crippen MR) is 86.9 cm³/mol. The average molecular weight is 332 g/mol. The van der Waals surface area contributed by atoms with Crippen LogP contribution in [-0.2, 0) is 4.74 Å². The van der Waals surface area contributed by atoms with Gasteiger partial charge in [0.25, 0.3) is 0 Å². The SMILES string of the molecule is CC(C1CCCN1C(=O)OC(C)(C)C)N(C)[C@H](C(O)O)[C@@H](C)O. The first-order chi connectivity index (χ1) is 10.5. The van der Waals surface area contributed by atoms with Crippen molar-refractivity contribution in [2.45, 2.75) is 83.6 Å². The lowest BCUT2D eigenvalue weighted by atomic mass is 10.0. The first-order valence-electron chi connectivity index (χ1n) is 8.21. The van der Waals surface area contributed by atoms with E-state index in [9.17, 15) is 20.1 Å². The van der Waals surface area contributed by atoms with Crippen molar-refractivity contribution in [1.29, 1.82) is 0 Å². The van der Waals surface area contributed by atoms with E-state index >= 15 is 0 Å². The molecule has 136 valence electrons. The monoisotopic (exact) mass is 332 g/mol. The Kier molecular flexibility index (Phi) is 6.82. The Morgan fingerprint density at radius 2 is 1.83 bits per heavy atom. The number of likely N-dealkylation sites (tertiary alicyclic amines) is 1. The number of hydrogen-bond acceptors (Lipinski definition) is 6. The molecular weight excluding hydrogens is 300 g/mol. The summed E-state index contributed by atoms with van der Waals surface area (Å²) in [5.74, 6) is 0. The van der Waals surface area contributed by atoms with E-state index in [-0.39, 0.29) is 18.2 Å². The maximum atomic E-state index is 12.4. The van der Waals surface area contributed by atoms with Crippen molar-refractivity contribution in [1.82, 2.24) is 9.80 Å². The van der Waals surface area contributed by atoms with Crippen molar-refractivity contribution >= 4 is 6.09 Å². The summed E-state index contributed by atoms with van der Waals surface area (Å²) in [6.45, 7) is 9.56. The second-order valence-electron chi connectivity index (χ2n) is 7.43. The third-order valence-electron chi connectivity index (χ3n) is 4.40. The van der Waals surface area contributed by atoms with Gasteiger partial charge in [0.1, 0.15) is 5.60 Å². The van der Waals surface area contributed by atoms with Crippen LogP contribution in [0.1, 0.15) is 47.5 Å². The van der Waals surface area contributed by atoms with Gasteiger partial charge in [-0.15, -0.1) is 0 Å². The average Bonchev–Trinajstić information content (AvgIpc) is 2.83. The normalized spacial score (nSPS) is 23.3. The smallest absolute Gasteiger partial charge is 0.410 e. The highest BCUT2D eigenvalue weighted by Crippen LogP contribution is 2.26. The van der Waals surface area contributed by atoms with E-state index in [4.69, 9.17) is 4.74 Å². The number of rotatable bonds is 5. The molecule has 4 atom stereocenters. The molecule has 0 radical (unpaired) electrons. The maximum absolute atomic E-state index is 12.4. The Hall–Kier alpha value is -0.890. The fourth-order valence-corrected chi connectivity index (χ4v) is 3.18. The van der Waals surface area contributed by atoms with Crippen LogP contribution >= 0.6 is 0 Å². The number of aliphatic hydroxyl groups excluding tert-OH is 2. The van der Waals surface area contributed by atoms with Crippen molar-refractivity contribution in [3.05, 3.63) is 0 Å². The third-order valence-corrected chi connectivity index (χ3v) is 4.40. The van der Waals surface area contributed by atoms with E-state index in [1.807, 2.05) is 27.7 Å². The topological polar surface area (TPSA) is 93.5 Å². The highest BCUT2D eigenvalue weighted by atomic mass is 16.6. The van der Waals surface area contributed by atoms with Crippen LogP contribution in [0.4, 0.5) is 4.79 Å². The van der Waals surface area contributed by atoms with Crippen LogP contribution in [0.15, 0.2) is 0 Å². The number of hydrogen-bond donors (Lipinski definition) is 3. The van der Waals surface area contributed by atoms with Crippen LogP contribution in [-0.4, -0.2) is 80.9 Å². The van der Waals surface area contributed by atoms with Gasteiger partial charge in [0, 0.05) is 12.6 Å². The van der Waals surface area contributed by atoms with Crippen LogP contribution in [0.25, 0.3) is 0 Å². The number of carbonyl (C=O) groups is 1. The van der Waals surface area contributed by atoms with Gasteiger partial charge < -0.3 is 25.0 Å². The summed E-state index contributed by atoms with van der Waals surface area (Å²) >= 11 is 0. The first-order valence-corrected chi connectivity index (χ1v) is 8.21. The fraction of sp³-hybridized carbons (Fsp3) is 0.938. The minimum Gasteiger partial charge on any atom is -0.444 e. The van der Waals surface area contributed by atoms with Gasteiger partial charge in [0.15, 0.2) is 6.29 Å². The molecule has 3 N–H and O–H groups in total. The Labute approximate surface area is 138 Å². The van der Waals surface area contributed by atoms with Gasteiger partial charge in [-0.3, -0.25) is 4.90 Å². The summed E-state index contributed by atoms with van der Waals surface area (Å²) in [6, 6.07) is -1.05. The molecule has 0 spiro atoms. The van der Waals surface area contributed by atoms with Crippen LogP contribution in [0.3, 0.4) is 0 Å². The lowest BCUT2D eigenvalue weighted by Gasteiger charge is -2.41. The van der Waals surface area contributed by atoms with E-state index in [0.717, 1.165) is 12.8 Å². The molecule has 1 rings (SSSR count). The summed E-state index contributed by atoms with van der Waals surface area (Å²) < 4.78 is 5.46. The lowest BCUT2D eigenvalue weighted by Crippen LogP contribution is -2.57. The number of ether oxygens (including phenoxy) is 1. The molecule has 0 aromatic carbocycles. The fourth-order valence-electron chi connectivity index (χ4n) is 3.18. The summed E-state index contributed by atoms with van der Waals surface area (Å²) in [5.41, 5.74) is -0.553. The maximum Gasteiger partial charge on any atom is 0.410 e. The van der Waals surface area contributed by atoms with Gasteiger partial charge in [-0.05, 0) is 54.5 Å². The molecule has 7 nitrogen and oxygen atoms in total. The number of carbonyl (C=O) groups excluding carboxylic acids is 1. The molecule has 1 amide bonds. The largest absolute Gasteiger partial charge is 0.444 e. The van der Waals surface area contributed by atoms with Crippen molar-refractivity contribution in [2.75, 3.05) is 13.6 Å². The molecule has 1 saturated heterocycles. The van der Waals surface area contributed by atoms with Crippen molar-refractivity contribution in [2.24, 2.45) is 0 Å². The first kappa shape index (κ1) is 20.2. The zero-order valence-electron chi connectivity index (χ0n) is 15.1. The second-order valence-corrected chi connectivity index (χ2v) is 7.43. The van der Waals surface area contributed by atoms with Gasteiger partial charge in [0.2, 0.25) is 0 Å². The molecule has 1 aliphatic heterocycles. The van der Waals surface area contributed by atoms with Gasteiger partial charge in [-0.1, -0.05) is 0 Å². The Morgan fingerprint density at radius 1 is 1.26 bits per heavy atom. The van der Waals surface area contributed by atoms with Gasteiger partial charge in [0.05, 0.1) is 18.2 Å². The van der Waals surface area contributed by atoms with Gasteiger partial charge in [-0.2, -0.15) is 0 Å². The van der Waals surface area contributed by atoms with E-state index in [1.165, 1.54) is 6.92 Å². The molecule has 23 heavy (non-hydrogen) atoms. The molecule has 1 heterocycles. The Bertz CT molecular complexity index is 386. The van der Waals surface area contributed by atoms with Crippen LogP contribution < -0.4 is 0 Å². The van der Waals surface area contributed by atoms with E-state index in [2.05, 4.69) is 0 Å². The molecule has 0 aromatic heterocycles.